The SMILES string of the molecule is CNC(=O)c1ccc(N)cc1N(Cc1ccsc1)C1CC1. The normalized spacial score (nSPS) is 14.0. The zero-order valence-corrected chi connectivity index (χ0v) is 12.8. The molecule has 3 N–H and O–H groups in total. The summed E-state index contributed by atoms with van der Waals surface area (Å²) < 4.78 is 0. The lowest BCUT2D eigenvalue weighted by Crippen LogP contribution is -2.29. The maximum Gasteiger partial charge on any atom is 0.253 e. The molecular formula is C16H19N3OS. The molecule has 5 heteroatoms. The minimum Gasteiger partial charge on any atom is -0.399 e. The van der Waals surface area contributed by atoms with E-state index in [2.05, 4.69) is 27.0 Å². The van der Waals surface area contributed by atoms with Crippen molar-refractivity contribution in [2.75, 3.05) is 17.7 Å². The lowest BCUT2D eigenvalue weighted by Gasteiger charge is -2.27. The number of anilines is 2. The van der Waals surface area contributed by atoms with E-state index in [4.69, 9.17) is 5.73 Å². The van der Waals surface area contributed by atoms with Crippen LogP contribution in [0.25, 0.3) is 0 Å². The van der Waals surface area contributed by atoms with Gasteiger partial charge in [-0.3, -0.25) is 4.79 Å². The van der Waals surface area contributed by atoms with Crippen LogP contribution in [-0.2, 0) is 6.54 Å². The third-order valence-electron chi connectivity index (χ3n) is 3.72. The number of amides is 1. The summed E-state index contributed by atoms with van der Waals surface area (Å²) in [4.78, 5) is 14.4. The van der Waals surface area contributed by atoms with Gasteiger partial charge < -0.3 is 16.0 Å². The zero-order valence-electron chi connectivity index (χ0n) is 12.0. The number of carbonyl (C=O) groups is 1. The molecule has 1 saturated carbocycles. The van der Waals surface area contributed by atoms with Gasteiger partial charge in [0.1, 0.15) is 0 Å². The van der Waals surface area contributed by atoms with Crippen molar-refractivity contribution in [3.8, 4) is 0 Å². The third kappa shape index (κ3) is 3.03. The third-order valence-corrected chi connectivity index (χ3v) is 4.46. The molecule has 1 aromatic carbocycles. The van der Waals surface area contributed by atoms with Gasteiger partial charge in [0.2, 0.25) is 0 Å². The van der Waals surface area contributed by atoms with Gasteiger partial charge in [0, 0.05) is 25.3 Å². The molecule has 1 amide bonds. The summed E-state index contributed by atoms with van der Waals surface area (Å²) in [5.41, 5.74) is 9.53. The fourth-order valence-electron chi connectivity index (χ4n) is 2.49. The first kappa shape index (κ1) is 13.9. The van der Waals surface area contributed by atoms with Gasteiger partial charge >= 0.3 is 0 Å². The number of nitrogens with two attached hydrogens (primary N) is 1. The Hall–Kier alpha value is -2.01. The highest BCUT2D eigenvalue weighted by Crippen LogP contribution is 2.36. The number of hydrogen-bond acceptors (Lipinski definition) is 4. The fourth-order valence-corrected chi connectivity index (χ4v) is 3.15. The number of nitrogens with one attached hydrogen (secondary N) is 1. The second kappa shape index (κ2) is 5.77. The standard InChI is InChI=1S/C16H19N3OS/c1-18-16(20)14-5-2-12(17)8-15(14)19(13-3-4-13)9-11-6-7-21-10-11/h2,5-8,10,13H,3-4,9,17H2,1H3,(H,18,20). The first-order chi connectivity index (χ1) is 10.2. The van der Waals surface area contributed by atoms with Crippen molar-refractivity contribution in [1.82, 2.24) is 5.32 Å². The molecule has 1 aliphatic carbocycles. The number of rotatable bonds is 5. The van der Waals surface area contributed by atoms with E-state index < -0.39 is 0 Å². The van der Waals surface area contributed by atoms with Crippen LogP contribution in [-0.4, -0.2) is 19.0 Å². The molecule has 21 heavy (non-hydrogen) atoms. The zero-order chi connectivity index (χ0) is 14.8. The van der Waals surface area contributed by atoms with E-state index in [1.54, 1.807) is 24.5 Å². The van der Waals surface area contributed by atoms with Crippen LogP contribution in [0.1, 0.15) is 28.8 Å². The van der Waals surface area contributed by atoms with Crippen molar-refractivity contribution in [3.05, 3.63) is 46.2 Å². The number of nitrogen functional groups attached to an aromatic ring is 1. The summed E-state index contributed by atoms with van der Waals surface area (Å²) in [5, 5.41) is 6.95. The van der Waals surface area contributed by atoms with Gasteiger partial charge in [-0.25, -0.2) is 0 Å². The molecule has 0 bridgehead atoms. The molecule has 0 radical (unpaired) electrons. The maximum atomic E-state index is 12.1. The van der Waals surface area contributed by atoms with Gasteiger partial charge in [0.25, 0.3) is 5.91 Å². The van der Waals surface area contributed by atoms with E-state index in [0.717, 1.165) is 12.2 Å². The largest absolute Gasteiger partial charge is 0.399 e. The molecule has 0 atom stereocenters. The monoisotopic (exact) mass is 301 g/mol. The van der Waals surface area contributed by atoms with Crippen LogP contribution >= 0.6 is 11.3 Å². The molecule has 0 aliphatic heterocycles. The molecule has 110 valence electrons. The van der Waals surface area contributed by atoms with Crippen molar-refractivity contribution >= 4 is 28.6 Å². The van der Waals surface area contributed by atoms with Crippen molar-refractivity contribution in [2.45, 2.75) is 25.4 Å². The Morgan fingerprint density at radius 2 is 2.24 bits per heavy atom. The summed E-state index contributed by atoms with van der Waals surface area (Å²) in [5.74, 6) is -0.0685. The van der Waals surface area contributed by atoms with Crippen molar-refractivity contribution in [2.24, 2.45) is 0 Å². The van der Waals surface area contributed by atoms with Crippen LogP contribution in [0.15, 0.2) is 35.0 Å². The summed E-state index contributed by atoms with van der Waals surface area (Å²) in [7, 11) is 1.66. The van der Waals surface area contributed by atoms with Crippen LogP contribution in [0.2, 0.25) is 0 Å². The molecule has 0 unspecified atom stereocenters. The lowest BCUT2D eigenvalue weighted by molar-refractivity contribution is 0.0963. The number of carbonyl (C=O) groups excluding carboxylic acids is 1. The van der Waals surface area contributed by atoms with Crippen LogP contribution in [0.3, 0.4) is 0 Å². The van der Waals surface area contributed by atoms with Gasteiger partial charge in [0.05, 0.1) is 11.3 Å². The van der Waals surface area contributed by atoms with Crippen molar-refractivity contribution in [1.29, 1.82) is 0 Å². The molecule has 2 aromatic rings. The fraction of sp³-hybridized carbons (Fsp3) is 0.312. The number of thiophene rings is 1. The summed E-state index contributed by atoms with van der Waals surface area (Å²) in [6, 6.07) is 8.15. The van der Waals surface area contributed by atoms with Crippen LogP contribution in [0.5, 0.6) is 0 Å². The van der Waals surface area contributed by atoms with Gasteiger partial charge in [-0.1, -0.05) is 0 Å². The Morgan fingerprint density at radius 3 is 2.86 bits per heavy atom. The van der Waals surface area contributed by atoms with Crippen LogP contribution in [0.4, 0.5) is 11.4 Å². The minimum atomic E-state index is -0.0685. The van der Waals surface area contributed by atoms with Gasteiger partial charge in [-0.05, 0) is 53.4 Å². The van der Waals surface area contributed by atoms with Gasteiger partial charge in [-0.2, -0.15) is 11.3 Å². The van der Waals surface area contributed by atoms with Crippen molar-refractivity contribution in [3.63, 3.8) is 0 Å². The molecular weight excluding hydrogens is 282 g/mol. The second-order valence-corrected chi connectivity index (χ2v) is 6.13. The first-order valence-corrected chi connectivity index (χ1v) is 8.02. The highest BCUT2D eigenvalue weighted by atomic mass is 32.1. The van der Waals surface area contributed by atoms with Crippen LogP contribution < -0.4 is 16.0 Å². The molecule has 0 spiro atoms. The Labute approximate surface area is 128 Å². The molecule has 1 heterocycles. The van der Waals surface area contributed by atoms with Crippen LogP contribution in [0, 0.1) is 0 Å². The summed E-state index contributed by atoms with van der Waals surface area (Å²) in [6.07, 6.45) is 2.35. The number of nitrogens with zero attached hydrogens (tertiary/aromatic N) is 1. The lowest BCUT2D eigenvalue weighted by atomic mass is 10.1. The number of benzene rings is 1. The van der Waals surface area contributed by atoms with Gasteiger partial charge in [-0.15, -0.1) is 0 Å². The second-order valence-electron chi connectivity index (χ2n) is 5.35. The first-order valence-electron chi connectivity index (χ1n) is 7.08. The molecule has 3 rings (SSSR count). The van der Waals surface area contributed by atoms with Crippen molar-refractivity contribution < 1.29 is 4.79 Å². The smallest absolute Gasteiger partial charge is 0.253 e. The average molecular weight is 301 g/mol. The Morgan fingerprint density at radius 1 is 1.43 bits per heavy atom. The Balaban J connectivity index is 1.98. The van der Waals surface area contributed by atoms with E-state index in [0.29, 0.717) is 17.3 Å². The topological polar surface area (TPSA) is 58.4 Å². The van der Waals surface area contributed by atoms with E-state index >= 15 is 0 Å². The minimum absolute atomic E-state index is 0.0685. The molecule has 0 saturated heterocycles. The van der Waals surface area contributed by atoms with Gasteiger partial charge in [0.15, 0.2) is 0 Å². The number of hydrogen-bond donors (Lipinski definition) is 2. The van der Waals surface area contributed by atoms with E-state index in [1.807, 2.05) is 12.1 Å². The van der Waals surface area contributed by atoms with E-state index in [1.165, 1.54) is 18.4 Å². The Kier molecular flexibility index (Phi) is 3.84. The Bertz CT molecular complexity index is 635. The molecule has 1 fully saturated rings. The maximum absolute atomic E-state index is 12.1. The average Bonchev–Trinajstić information content (AvgIpc) is 3.20. The summed E-state index contributed by atoms with van der Waals surface area (Å²) in [6.45, 7) is 0.821. The van der Waals surface area contributed by atoms with E-state index in [9.17, 15) is 4.79 Å². The quantitative estimate of drug-likeness (QED) is 0.835. The molecule has 1 aromatic heterocycles. The molecule has 4 nitrogen and oxygen atoms in total. The van der Waals surface area contributed by atoms with E-state index in [-0.39, 0.29) is 5.91 Å². The highest BCUT2D eigenvalue weighted by Gasteiger charge is 2.31. The predicted octanol–water partition coefficient (Wildman–Crippen LogP) is 2.86. The predicted molar refractivity (Wildman–Crippen MR) is 87.8 cm³/mol. The highest BCUT2D eigenvalue weighted by molar-refractivity contribution is 7.07. The summed E-state index contributed by atoms with van der Waals surface area (Å²) >= 11 is 1.70. The molecule has 1 aliphatic rings.